The van der Waals surface area contributed by atoms with Gasteiger partial charge in [-0.05, 0) is 6.92 Å². The summed E-state index contributed by atoms with van der Waals surface area (Å²) in [5.74, 6) is -0.221. The Morgan fingerprint density at radius 3 is 2.25 bits per heavy atom. The first-order valence-corrected chi connectivity index (χ1v) is 4.20. The van der Waals surface area contributed by atoms with Gasteiger partial charge in [-0.1, -0.05) is 6.92 Å². The molecule has 0 radical (unpaired) electrons. The second-order valence-electron chi connectivity index (χ2n) is 3.40. The van der Waals surface area contributed by atoms with Crippen LogP contribution in [0.3, 0.4) is 0 Å². The van der Waals surface area contributed by atoms with Crippen LogP contribution in [0.15, 0.2) is 0 Å². The fourth-order valence-corrected chi connectivity index (χ4v) is 1.50. The van der Waals surface area contributed by atoms with Crippen LogP contribution in [-0.2, 0) is 4.74 Å². The highest BCUT2D eigenvalue weighted by Crippen LogP contribution is 2.25. The first-order valence-electron chi connectivity index (χ1n) is 4.20. The van der Waals surface area contributed by atoms with Crippen molar-refractivity contribution in [2.24, 2.45) is 5.92 Å². The third-order valence-electron chi connectivity index (χ3n) is 2.53. The van der Waals surface area contributed by atoms with Crippen molar-refractivity contribution in [1.29, 1.82) is 0 Å². The second kappa shape index (κ2) is 3.70. The van der Waals surface area contributed by atoms with E-state index in [1.807, 2.05) is 0 Å². The third-order valence-corrected chi connectivity index (χ3v) is 2.53. The Labute approximate surface area is 71.8 Å². The molecule has 1 saturated heterocycles. The van der Waals surface area contributed by atoms with Crippen LogP contribution in [0.1, 0.15) is 13.8 Å². The summed E-state index contributed by atoms with van der Waals surface area (Å²) in [7, 11) is 0. The highest BCUT2D eigenvalue weighted by atomic mass is 16.5. The van der Waals surface area contributed by atoms with Crippen LogP contribution in [0.4, 0.5) is 0 Å². The molecule has 1 heterocycles. The van der Waals surface area contributed by atoms with E-state index in [0.717, 1.165) is 0 Å². The predicted octanol–water partition coefficient (Wildman–Crippen LogP) is -0.876. The first kappa shape index (κ1) is 9.92. The molecule has 1 fully saturated rings. The number of hydrogen-bond acceptors (Lipinski definition) is 4. The van der Waals surface area contributed by atoms with E-state index in [4.69, 9.17) is 9.84 Å². The SMILES string of the molecule is C[C@H]1[C@H](O)[C@H](O)[C@@H](C)O[C@@H]1CO. The Morgan fingerprint density at radius 1 is 1.17 bits per heavy atom. The highest BCUT2D eigenvalue weighted by molar-refractivity contribution is 4.87. The smallest absolute Gasteiger partial charge is 0.106 e. The molecule has 4 heteroatoms. The predicted molar refractivity (Wildman–Crippen MR) is 42.6 cm³/mol. The van der Waals surface area contributed by atoms with Gasteiger partial charge in [-0.15, -0.1) is 0 Å². The highest BCUT2D eigenvalue weighted by Gasteiger charge is 2.39. The van der Waals surface area contributed by atoms with E-state index in [2.05, 4.69) is 0 Å². The molecule has 0 aromatic heterocycles. The summed E-state index contributed by atoms with van der Waals surface area (Å²) in [4.78, 5) is 0. The largest absolute Gasteiger partial charge is 0.394 e. The van der Waals surface area contributed by atoms with Crippen LogP contribution in [0, 0.1) is 5.92 Å². The van der Waals surface area contributed by atoms with Gasteiger partial charge in [0, 0.05) is 5.92 Å². The zero-order valence-electron chi connectivity index (χ0n) is 7.34. The van der Waals surface area contributed by atoms with E-state index in [1.54, 1.807) is 13.8 Å². The lowest BCUT2D eigenvalue weighted by Crippen LogP contribution is -2.53. The molecule has 1 aliphatic rings. The summed E-state index contributed by atoms with van der Waals surface area (Å²) in [6, 6.07) is 0. The standard InChI is InChI=1S/C8H16O4/c1-4-6(3-9)12-5(2)8(11)7(4)10/h4-11H,3H2,1-2H3/t4-,5-,6-,7+,8-/m1/s1. The number of aliphatic hydroxyl groups is 3. The number of aliphatic hydroxyl groups excluding tert-OH is 3. The van der Waals surface area contributed by atoms with Crippen molar-refractivity contribution >= 4 is 0 Å². The van der Waals surface area contributed by atoms with Crippen LogP contribution >= 0.6 is 0 Å². The van der Waals surface area contributed by atoms with Gasteiger partial charge in [0.2, 0.25) is 0 Å². The minimum Gasteiger partial charge on any atom is -0.394 e. The van der Waals surface area contributed by atoms with Crippen molar-refractivity contribution in [2.45, 2.75) is 38.3 Å². The van der Waals surface area contributed by atoms with Crippen molar-refractivity contribution in [3.05, 3.63) is 0 Å². The zero-order chi connectivity index (χ0) is 9.30. The molecule has 0 saturated carbocycles. The van der Waals surface area contributed by atoms with Gasteiger partial charge in [-0.3, -0.25) is 0 Å². The topological polar surface area (TPSA) is 69.9 Å². The van der Waals surface area contributed by atoms with E-state index < -0.39 is 18.3 Å². The van der Waals surface area contributed by atoms with Gasteiger partial charge >= 0.3 is 0 Å². The normalized spacial score (nSPS) is 49.2. The van der Waals surface area contributed by atoms with Gasteiger partial charge in [0.1, 0.15) is 6.10 Å². The van der Waals surface area contributed by atoms with E-state index in [1.165, 1.54) is 0 Å². The van der Waals surface area contributed by atoms with Gasteiger partial charge in [0.15, 0.2) is 0 Å². The minimum absolute atomic E-state index is 0.116. The summed E-state index contributed by atoms with van der Waals surface area (Å²) in [5, 5.41) is 27.7. The van der Waals surface area contributed by atoms with E-state index in [9.17, 15) is 10.2 Å². The third kappa shape index (κ3) is 1.61. The minimum atomic E-state index is -0.845. The van der Waals surface area contributed by atoms with Crippen molar-refractivity contribution in [3.63, 3.8) is 0 Å². The molecular formula is C8H16O4. The monoisotopic (exact) mass is 176 g/mol. The molecule has 0 spiro atoms. The summed E-state index contributed by atoms with van der Waals surface area (Å²) < 4.78 is 5.27. The maximum absolute atomic E-state index is 9.48. The summed E-state index contributed by atoms with van der Waals surface area (Å²) >= 11 is 0. The van der Waals surface area contributed by atoms with Crippen LogP contribution in [0.5, 0.6) is 0 Å². The average molecular weight is 176 g/mol. The van der Waals surface area contributed by atoms with Gasteiger partial charge in [-0.2, -0.15) is 0 Å². The summed E-state index contributed by atoms with van der Waals surface area (Å²) in [6.45, 7) is 3.32. The van der Waals surface area contributed by atoms with E-state index in [-0.39, 0.29) is 18.6 Å². The lowest BCUT2D eigenvalue weighted by atomic mass is 9.89. The number of hydrogen-bond donors (Lipinski definition) is 3. The van der Waals surface area contributed by atoms with Gasteiger partial charge in [0.25, 0.3) is 0 Å². The molecular weight excluding hydrogens is 160 g/mol. The van der Waals surface area contributed by atoms with Gasteiger partial charge in [-0.25, -0.2) is 0 Å². The van der Waals surface area contributed by atoms with Crippen molar-refractivity contribution in [1.82, 2.24) is 0 Å². The van der Waals surface area contributed by atoms with Crippen LogP contribution in [-0.4, -0.2) is 46.3 Å². The summed E-state index contributed by atoms with van der Waals surface area (Å²) in [6.07, 6.45) is -2.42. The molecule has 1 rings (SSSR count). The van der Waals surface area contributed by atoms with Crippen LogP contribution < -0.4 is 0 Å². The first-order chi connectivity index (χ1) is 5.57. The molecule has 12 heavy (non-hydrogen) atoms. The molecule has 0 aliphatic carbocycles. The maximum Gasteiger partial charge on any atom is 0.106 e. The molecule has 1 aliphatic heterocycles. The molecule has 3 N–H and O–H groups in total. The van der Waals surface area contributed by atoms with Gasteiger partial charge in [0.05, 0.1) is 24.9 Å². The van der Waals surface area contributed by atoms with Gasteiger partial charge < -0.3 is 20.1 Å². The molecule has 0 unspecified atom stereocenters. The van der Waals surface area contributed by atoms with Crippen molar-refractivity contribution in [2.75, 3.05) is 6.61 Å². The summed E-state index contributed by atoms with van der Waals surface area (Å²) in [5.41, 5.74) is 0. The fraction of sp³-hybridized carbons (Fsp3) is 1.00. The lowest BCUT2D eigenvalue weighted by molar-refractivity contribution is -0.198. The number of ether oxygens (including phenoxy) is 1. The molecule has 0 aromatic rings. The molecule has 0 bridgehead atoms. The molecule has 5 atom stereocenters. The number of rotatable bonds is 1. The fourth-order valence-electron chi connectivity index (χ4n) is 1.50. The van der Waals surface area contributed by atoms with Crippen molar-refractivity contribution in [3.8, 4) is 0 Å². The Bertz CT molecular complexity index is 145. The Hall–Kier alpha value is -0.160. The Morgan fingerprint density at radius 2 is 1.75 bits per heavy atom. The maximum atomic E-state index is 9.48. The van der Waals surface area contributed by atoms with Crippen LogP contribution in [0.2, 0.25) is 0 Å². The second-order valence-corrected chi connectivity index (χ2v) is 3.40. The van der Waals surface area contributed by atoms with E-state index >= 15 is 0 Å². The van der Waals surface area contributed by atoms with Crippen molar-refractivity contribution < 1.29 is 20.1 Å². The quantitative estimate of drug-likeness (QED) is 0.485. The zero-order valence-corrected chi connectivity index (χ0v) is 7.34. The van der Waals surface area contributed by atoms with Crippen LogP contribution in [0.25, 0.3) is 0 Å². The lowest BCUT2D eigenvalue weighted by Gasteiger charge is -2.39. The van der Waals surface area contributed by atoms with E-state index in [0.29, 0.717) is 0 Å². The molecule has 72 valence electrons. The Balaban J connectivity index is 2.63. The Kier molecular flexibility index (Phi) is 3.06. The molecule has 0 amide bonds. The molecule has 4 nitrogen and oxygen atoms in total. The molecule has 0 aromatic carbocycles. The average Bonchev–Trinajstić information content (AvgIpc) is 2.08.